The number of nitrogens with zero attached hydrogens (tertiary/aromatic N) is 3. The normalized spacial score (nSPS) is 17.1. The lowest BCUT2D eigenvalue weighted by Gasteiger charge is -2.24. The molecule has 134 valence electrons. The van der Waals surface area contributed by atoms with E-state index in [1.165, 1.54) is 0 Å². The number of hydrogen-bond acceptors (Lipinski definition) is 3. The van der Waals surface area contributed by atoms with Crippen molar-refractivity contribution in [2.75, 3.05) is 25.6 Å². The lowest BCUT2D eigenvalue weighted by molar-refractivity contribution is 0.128. The van der Waals surface area contributed by atoms with Gasteiger partial charge in [0.1, 0.15) is 5.82 Å². The van der Waals surface area contributed by atoms with Gasteiger partial charge in [0.25, 0.3) is 0 Å². The fraction of sp³-hybridized carbons (Fsp3) is 0.444. The highest BCUT2D eigenvalue weighted by Crippen LogP contribution is 2.21. The van der Waals surface area contributed by atoms with E-state index >= 15 is 0 Å². The third-order valence-corrected chi connectivity index (χ3v) is 4.74. The van der Waals surface area contributed by atoms with E-state index in [0.29, 0.717) is 18.2 Å². The molecular formula is C18H23ClN4O2. The SMILES string of the molecule is COC[C@@H]1CCCN1C(=O)Nc1c(C)cnn1Cc1ccc(Cl)cc1. The number of benzene rings is 1. The van der Waals surface area contributed by atoms with Crippen molar-refractivity contribution in [3.63, 3.8) is 0 Å². The van der Waals surface area contributed by atoms with E-state index < -0.39 is 0 Å². The molecule has 7 heteroatoms. The monoisotopic (exact) mass is 362 g/mol. The molecule has 25 heavy (non-hydrogen) atoms. The Morgan fingerprint density at radius 3 is 2.88 bits per heavy atom. The zero-order valence-electron chi connectivity index (χ0n) is 14.5. The minimum atomic E-state index is -0.0968. The Kier molecular flexibility index (Phi) is 5.60. The van der Waals surface area contributed by atoms with Gasteiger partial charge in [-0.1, -0.05) is 23.7 Å². The first-order valence-corrected chi connectivity index (χ1v) is 8.79. The van der Waals surface area contributed by atoms with Crippen LogP contribution in [0.5, 0.6) is 0 Å². The molecule has 1 N–H and O–H groups in total. The minimum Gasteiger partial charge on any atom is -0.383 e. The number of likely N-dealkylation sites (tertiary alicyclic amines) is 1. The quantitative estimate of drug-likeness (QED) is 0.885. The first-order valence-electron chi connectivity index (χ1n) is 8.42. The van der Waals surface area contributed by atoms with E-state index in [9.17, 15) is 4.79 Å². The van der Waals surface area contributed by atoms with Crippen LogP contribution in [0.15, 0.2) is 30.5 Å². The van der Waals surface area contributed by atoms with Crippen LogP contribution in [0.1, 0.15) is 24.0 Å². The molecule has 6 nitrogen and oxygen atoms in total. The summed E-state index contributed by atoms with van der Waals surface area (Å²) in [7, 11) is 1.67. The maximum Gasteiger partial charge on any atom is 0.323 e. The second-order valence-electron chi connectivity index (χ2n) is 6.34. The summed E-state index contributed by atoms with van der Waals surface area (Å²) >= 11 is 5.94. The van der Waals surface area contributed by atoms with E-state index in [-0.39, 0.29) is 12.1 Å². The molecule has 3 rings (SSSR count). The van der Waals surface area contributed by atoms with Gasteiger partial charge >= 0.3 is 6.03 Å². The number of rotatable bonds is 5. The van der Waals surface area contributed by atoms with Gasteiger partial charge in [-0.05, 0) is 37.5 Å². The van der Waals surface area contributed by atoms with E-state index in [1.54, 1.807) is 18.0 Å². The molecule has 0 aliphatic carbocycles. The number of anilines is 1. The predicted molar refractivity (Wildman–Crippen MR) is 98.1 cm³/mol. The first-order chi connectivity index (χ1) is 12.1. The molecule has 1 aliphatic heterocycles. The summed E-state index contributed by atoms with van der Waals surface area (Å²) in [4.78, 5) is 14.5. The van der Waals surface area contributed by atoms with Crippen molar-refractivity contribution in [3.8, 4) is 0 Å². The first kappa shape index (κ1) is 17.8. The van der Waals surface area contributed by atoms with Crippen LogP contribution in [-0.2, 0) is 11.3 Å². The number of nitrogens with one attached hydrogen (secondary N) is 1. The van der Waals surface area contributed by atoms with Crippen LogP contribution in [0.3, 0.4) is 0 Å². The summed E-state index contributed by atoms with van der Waals surface area (Å²) < 4.78 is 7.03. The fourth-order valence-corrected chi connectivity index (χ4v) is 3.29. The summed E-state index contributed by atoms with van der Waals surface area (Å²) in [5.41, 5.74) is 2.01. The summed E-state index contributed by atoms with van der Waals surface area (Å²) in [6.07, 6.45) is 3.75. The number of urea groups is 1. The summed E-state index contributed by atoms with van der Waals surface area (Å²) in [6.45, 7) is 3.83. The molecule has 1 saturated heterocycles. The lowest BCUT2D eigenvalue weighted by atomic mass is 10.2. The maximum atomic E-state index is 12.7. The van der Waals surface area contributed by atoms with Crippen LogP contribution < -0.4 is 5.32 Å². The largest absolute Gasteiger partial charge is 0.383 e. The Hall–Kier alpha value is -2.05. The van der Waals surface area contributed by atoms with Gasteiger partial charge in [-0.25, -0.2) is 9.48 Å². The van der Waals surface area contributed by atoms with Gasteiger partial charge in [0, 0.05) is 24.2 Å². The van der Waals surface area contributed by atoms with E-state index in [4.69, 9.17) is 16.3 Å². The van der Waals surface area contributed by atoms with E-state index in [1.807, 2.05) is 36.1 Å². The zero-order valence-corrected chi connectivity index (χ0v) is 15.3. The third kappa shape index (κ3) is 4.14. The van der Waals surface area contributed by atoms with Gasteiger partial charge in [-0.3, -0.25) is 5.32 Å². The molecule has 1 atom stereocenters. The predicted octanol–water partition coefficient (Wildman–Crippen LogP) is 3.54. The Morgan fingerprint density at radius 2 is 2.16 bits per heavy atom. The van der Waals surface area contributed by atoms with Crippen LogP contribution in [0.4, 0.5) is 10.6 Å². The number of ether oxygens (including phenoxy) is 1. The van der Waals surface area contributed by atoms with Gasteiger partial charge in [0.2, 0.25) is 0 Å². The van der Waals surface area contributed by atoms with Gasteiger partial charge in [-0.15, -0.1) is 0 Å². The van der Waals surface area contributed by atoms with Crippen LogP contribution in [0.2, 0.25) is 5.02 Å². The van der Waals surface area contributed by atoms with Gasteiger partial charge < -0.3 is 9.64 Å². The molecule has 2 heterocycles. The Bertz CT molecular complexity index is 729. The molecule has 1 fully saturated rings. The van der Waals surface area contributed by atoms with Crippen molar-refractivity contribution in [1.29, 1.82) is 0 Å². The molecule has 0 radical (unpaired) electrons. The summed E-state index contributed by atoms with van der Waals surface area (Å²) in [5.74, 6) is 0.725. The van der Waals surface area contributed by atoms with E-state index in [2.05, 4.69) is 10.4 Å². The molecule has 1 aliphatic rings. The van der Waals surface area contributed by atoms with Gasteiger partial charge in [0.15, 0.2) is 0 Å². The van der Waals surface area contributed by atoms with Gasteiger partial charge in [-0.2, -0.15) is 5.10 Å². The highest BCUT2D eigenvalue weighted by Gasteiger charge is 2.29. The van der Waals surface area contributed by atoms with E-state index in [0.717, 1.165) is 36.3 Å². The average molecular weight is 363 g/mol. The van der Waals surface area contributed by atoms with Crippen molar-refractivity contribution < 1.29 is 9.53 Å². The smallest absolute Gasteiger partial charge is 0.323 e. The Balaban J connectivity index is 1.73. The number of carbonyl (C=O) groups is 1. The number of carbonyl (C=O) groups excluding carboxylic acids is 1. The number of hydrogen-bond donors (Lipinski definition) is 1. The number of aromatic nitrogens is 2. The molecule has 0 bridgehead atoms. The molecule has 0 spiro atoms. The molecule has 0 unspecified atom stereocenters. The second-order valence-corrected chi connectivity index (χ2v) is 6.77. The fourth-order valence-electron chi connectivity index (χ4n) is 3.17. The molecule has 1 aromatic carbocycles. The van der Waals surface area contributed by atoms with Crippen LogP contribution in [0.25, 0.3) is 0 Å². The molecule has 1 aromatic heterocycles. The summed E-state index contributed by atoms with van der Waals surface area (Å²) in [6, 6.07) is 7.66. The molecule has 2 aromatic rings. The standard InChI is InChI=1S/C18H23ClN4O2/c1-13-10-20-23(11-14-5-7-15(19)8-6-14)17(13)21-18(24)22-9-3-4-16(22)12-25-2/h5-8,10,16H,3-4,9,11-12H2,1-2H3,(H,21,24)/t16-/m0/s1. The minimum absolute atomic E-state index is 0.0968. The highest BCUT2D eigenvalue weighted by molar-refractivity contribution is 6.30. The van der Waals surface area contributed by atoms with Crippen molar-refractivity contribution in [3.05, 3.63) is 46.6 Å². The summed E-state index contributed by atoms with van der Waals surface area (Å²) in [5, 5.41) is 8.12. The molecule has 2 amide bonds. The second kappa shape index (κ2) is 7.89. The number of aryl methyl sites for hydroxylation is 1. The number of methoxy groups -OCH3 is 1. The average Bonchev–Trinajstić information content (AvgIpc) is 3.19. The Morgan fingerprint density at radius 1 is 1.40 bits per heavy atom. The van der Waals surface area contributed by atoms with Crippen LogP contribution >= 0.6 is 11.6 Å². The van der Waals surface area contributed by atoms with Gasteiger partial charge in [0.05, 0.1) is 25.4 Å². The highest BCUT2D eigenvalue weighted by atomic mass is 35.5. The number of halogens is 1. The lowest BCUT2D eigenvalue weighted by Crippen LogP contribution is -2.41. The third-order valence-electron chi connectivity index (χ3n) is 4.49. The van der Waals surface area contributed by atoms with Crippen molar-refractivity contribution in [1.82, 2.24) is 14.7 Å². The van der Waals surface area contributed by atoms with Crippen LogP contribution in [-0.4, -0.2) is 47.0 Å². The molecular weight excluding hydrogens is 340 g/mol. The number of amides is 2. The Labute approximate surface area is 152 Å². The van der Waals surface area contributed by atoms with Crippen molar-refractivity contribution in [2.24, 2.45) is 0 Å². The maximum absolute atomic E-state index is 12.7. The van der Waals surface area contributed by atoms with Crippen molar-refractivity contribution >= 4 is 23.4 Å². The van der Waals surface area contributed by atoms with Crippen LogP contribution in [0, 0.1) is 6.92 Å². The zero-order chi connectivity index (χ0) is 17.8. The topological polar surface area (TPSA) is 59.4 Å². The van der Waals surface area contributed by atoms with Crippen molar-refractivity contribution in [2.45, 2.75) is 32.4 Å². The molecule has 0 saturated carbocycles.